The minimum atomic E-state index is -0.902. The van der Waals surface area contributed by atoms with E-state index in [1.165, 1.54) is 11.3 Å². The molecule has 1 aromatic heterocycles. The van der Waals surface area contributed by atoms with E-state index in [4.69, 9.17) is 0 Å². The topological polar surface area (TPSA) is 53.4 Å². The summed E-state index contributed by atoms with van der Waals surface area (Å²) in [7, 11) is 0. The number of nitrogens with zero attached hydrogens (tertiary/aromatic N) is 2. The van der Waals surface area contributed by atoms with Crippen LogP contribution in [0.2, 0.25) is 0 Å². The molecule has 1 aromatic carbocycles. The van der Waals surface area contributed by atoms with Gasteiger partial charge >= 0.3 is 5.97 Å². The maximum absolute atomic E-state index is 11.4. The number of likely N-dealkylation sites (N-methyl/N-ethyl adjacent to an activating group) is 1. The molecule has 0 bridgehead atoms. The summed E-state index contributed by atoms with van der Waals surface area (Å²) in [6, 6.07) is 9.51. The van der Waals surface area contributed by atoms with E-state index in [2.05, 4.69) is 23.7 Å². The molecule has 0 atom stereocenters. The molecule has 0 amide bonds. The number of hydrogen-bond acceptors (Lipinski definition) is 4. The van der Waals surface area contributed by atoms with Crippen LogP contribution in [0.4, 0.5) is 0 Å². The molecule has 0 aliphatic carbocycles. The molecule has 0 aliphatic heterocycles. The highest BCUT2D eigenvalue weighted by atomic mass is 32.1. The third kappa shape index (κ3) is 3.89. The molecule has 0 spiro atoms. The van der Waals surface area contributed by atoms with Crippen LogP contribution < -0.4 is 0 Å². The Kier molecular flexibility index (Phi) is 5.47. The van der Waals surface area contributed by atoms with Gasteiger partial charge in [-0.05, 0) is 13.1 Å². The lowest BCUT2D eigenvalue weighted by molar-refractivity contribution is 0.0702. The summed E-state index contributed by atoms with van der Waals surface area (Å²) in [5.41, 5.74) is 1.45. The normalized spacial score (nSPS) is 11.0. The lowest BCUT2D eigenvalue weighted by Gasteiger charge is -2.16. The van der Waals surface area contributed by atoms with Crippen LogP contribution in [0.25, 0.3) is 11.3 Å². The van der Waals surface area contributed by atoms with Crippen LogP contribution in [-0.2, 0) is 6.42 Å². The molecule has 0 aliphatic rings. The van der Waals surface area contributed by atoms with Crippen LogP contribution in [0.1, 0.15) is 28.5 Å². The standard InChI is InChI=1S/C16H20N2O2S/c1-3-18(4-2)11-10-13-17-14(15(21-13)16(19)20)12-8-6-5-7-9-12/h5-9H,3-4,10-11H2,1-2H3,(H,19,20). The fourth-order valence-electron chi connectivity index (χ4n) is 2.20. The lowest BCUT2D eigenvalue weighted by Crippen LogP contribution is -2.25. The van der Waals surface area contributed by atoms with Crippen molar-refractivity contribution in [2.75, 3.05) is 19.6 Å². The number of aromatic nitrogens is 1. The van der Waals surface area contributed by atoms with E-state index in [-0.39, 0.29) is 0 Å². The molecule has 2 aromatic rings. The van der Waals surface area contributed by atoms with E-state index in [1.54, 1.807) is 0 Å². The molecule has 2 rings (SSSR count). The summed E-state index contributed by atoms with van der Waals surface area (Å²) in [6.45, 7) is 7.17. The van der Waals surface area contributed by atoms with Crippen molar-refractivity contribution in [1.82, 2.24) is 9.88 Å². The van der Waals surface area contributed by atoms with Gasteiger partial charge < -0.3 is 10.0 Å². The summed E-state index contributed by atoms with van der Waals surface area (Å²) in [4.78, 5) is 18.6. The second-order valence-electron chi connectivity index (χ2n) is 4.73. The molecule has 1 N–H and O–H groups in total. The first-order chi connectivity index (χ1) is 10.2. The molecule has 1 heterocycles. The predicted molar refractivity (Wildman–Crippen MR) is 86.0 cm³/mol. The van der Waals surface area contributed by atoms with Crippen LogP contribution in [-0.4, -0.2) is 40.6 Å². The van der Waals surface area contributed by atoms with E-state index in [0.29, 0.717) is 10.6 Å². The van der Waals surface area contributed by atoms with E-state index in [1.807, 2.05) is 30.3 Å². The van der Waals surface area contributed by atoms with Crippen LogP contribution in [0.15, 0.2) is 30.3 Å². The summed E-state index contributed by atoms with van der Waals surface area (Å²) >= 11 is 1.29. The average Bonchev–Trinajstić information content (AvgIpc) is 2.94. The molecule has 0 saturated carbocycles. The minimum absolute atomic E-state index is 0.329. The van der Waals surface area contributed by atoms with Gasteiger partial charge in [0, 0.05) is 18.5 Å². The van der Waals surface area contributed by atoms with Gasteiger partial charge in [0.25, 0.3) is 0 Å². The number of carboxylic acid groups (broad SMARTS) is 1. The first kappa shape index (κ1) is 15.7. The summed E-state index contributed by atoms with van der Waals surface area (Å²) in [5, 5.41) is 10.3. The first-order valence-electron chi connectivity index (χ1n) is 7.16. The number of rotatable bonds is 7. The quantitative estimate of drug-likeness (QED) is 0.852. The Balaban J connectivity index is 2.24. The summed E-state index contributed by atoms with van der Waals surface area (Å²) < 4.78 is 0. The van der Waals surface area contributed by atoms with Gasteiger partial charge in [0.1, 0.15) is 4.88 Å². The van der Waals surface area contributed by atoms with E-state index in [9.17, 15) is 9.90 Å². The Morgan fingerprint density at radius 3 is 2.48 bits per heavy atom. The zero-order valence-electron chi connectivity index (χ0n) is 12.4. The van der Waals surface area contributed by atoms with E-state index >= 15 is 0 Å². The van der Waals surface area contributed by atoms with E-state index < -0.39 is 5.97 Å². The summed E-state index contributed by atoms with van der Waals surface area (Å²) in [5.74, 6) is -0.902. The SMILES string of the molecule is CCN(CC)CCc1nc(-c2ccccc2)c(C(=O)O)s1. The van der Waals surface area contributed by atoms with Crippen LogP contribution in [0.3, 0.4) is 0 Å². The largest absolute Gasteiger partial charge is 0.477 e. The summed E-state index contributed by atoms with van der Waals surface area (Å²) in [6.07, 6.45) is 0.791. The third-order valence-corrected chi connectivity index (χ3v) is 4.55. The van der Waals surface area contributed by atoms with Crippen molar-refractivity contribution in [2.45, 2.75) is 20.3 Å². The first-order valence-corrected chi connectivity index (χ1v) is 7.98. The molecular formula is C16H20N2O2S. The highest BCUT2D eigenvalue weighted by molar-refractivity contribution is 7.14. The molecule has 21 heavy (non-hydrogen) atoms. The predicted octanol–water partition coefficient (Wildman–Crippen LogP) is 3.39. The van der Waals surface area contributed by atoms with Gasteiger partial charge in [0.2, 0.25) is 0 Å². The monoisotopic (exact) mass is 304 g/mol. The van der Waals surface area contributed by atoms with Crippen molar-refractivity contribution in [2.24, 2.45) is 0 Å². The van der Waals surface area contributed by atoms with E-state index in [0.717, 1.165) is 36.6 Å². The van der Waals surface area contributed by atoms with Crippen molar-refractivity contribution in [3.8, 4) is 11.3 Å². The number of aromatic carboxylic acids is 1. The lowest BCUT2D eigenvalue weighted by atomic mass is 10.1. The van der Waals surface area contributed by atoms with Gasteiger partial charge in [-0.15, -0.1) is 11.3 Å². The number of thiazole rings is 1. The Labute approximate surface area is 129 Å². The van der Waals surface area contributed by atoms with Crippen LogP contribution in [0, 0.1) is 0 Å². The fourth-order valence-corrected chi connectivity index (χ4v) is 3.11. The van der Waals surface area contributed by atoms with Gasteiger partial charge in [0.15, 0.2) is 0 Å². The van der Waals surface area contributed by atoms with Gasteiger partial charge in [-0.1, -0.05) is 44.2 Å². The molecule has 0 radical (unpaired) electrons. The number of carbonyl (C=O) groups is 1. The number of benzene rings is 1. The Morgan fingerprint density at radius 2 is 1.90 bits per heavy atom. The second kappa shape index (κ2) is 7.33. The second-order valence-corrected chi connectivity index (χ2v) is 5.82. The number of carboxylic acids is 1. The zero-order chi connectivity index (χ0) is 15.2. The molecule has 4 nitrogen and oxygen atoms in total. The van der Waals surface area contributed by atoms with Crippen LogP contribution in [0.5, 0.6) is 0 Å². The van der Waals surface area contributed by atoms with Crippen molar-refractivity contribution in [3.63, 3.8) is 0 Å². The van der Waals surface area contributed by atoms with Gasteiger partial charge in [-0.3, -0.25) is 0 Å². The minimum Gasteiger partial charge on any atom is -0.477 e. The zero-order valence-corrected chi connectivity index (χ0v) is 13.2. The van der Waals surface area contributed by atoms with Gasteiger partial charge in [-0.2, -0.15) is 0 Å². The number of hydrogen-bond donors (Lipinski definition) is 1. The van der Waals surface area contributed by atoms with Gasteiger partial charge in [-0.25, -0.2) is 9.78 Å². The van der Waals surface area contributed by atoms with Crippen molar-refractivity contribution < 1.29 is 9.90 Å². The Hall–Kier alpha value is -1.72. The molecule has 112 valence electrons. The molecule has 0 unspecified atom stereocenters. The van der Waals surface area contributed by atoms with Crippen molar-refractivity contribution >= 4 is 17.3 Å². The average molecular weight is 304 g/mol. The molecular weight excluding hydrogens is 284 g/mol. The smallest absolute Gasteiger partial charge is 0.348 e. The highest BCUT2D eigenvalue weighted by Gasteiger charge is 2.18. The Bertz CT molecular complexity index is 592. The maximum Gasteiger partial charge on any atom is 0.348 e. The fraction of sp³-hybridized carbons (Fsp3) is 0.375. The molecule has 0 saturated heterocycles. The molecule has 0 fully saturated rings. The maximum atomic E-state index is 11.4. The highest BCUT2D eigenvalue weighted by Crippen LogP contribution is 2.28. The van der Waals surface area contributed by atoms with Gasteiger partial charge in [0.05, 0.1) is 10.7 Å². The Morgan fingerprint density at radius 1 is 1.24 bits per heavy atom. The van der Waals surface area contributed by atoms with Crippen LogP contribution >= 0.6 is 11.3 Å². The third-order valence-electron chi connectivity index (χ3n) is 3.45. The molecule has 5 heteroatoms. The van der Waals surface area contributed by atoms with Crippen molar-refractivity contribution in [3.05, 3.63) is 40.2 Å². The van der Waals surface area contributed by atoms with Crippen molar-refractivity contribution in [1.29, 1.82) is 0 Å².